The Labute approximate surface area is 105 Å². The van der Waals surface area contributed by atoms with Crippen molar-refractivity contribution in [3.8, 4) is 0 Å². The van der Waals surface area contributed by atoms with Gasteiger partial charge in [0, 0.05) is 18.2 Å². The van der Waals surface area contributed by atoms with Gasteiger partial charge in [-0.3, -0.25) is 0 Å². The first-order valence-electron chi connectivity index (χ1n) is 5.39. The largest absolute Gasteiger partial charge is 0.476 e. The lowest BCUT2D eigenvalue weighted by Gasteiger charge is -2.10. The molecule has 6 heteroatoms. The summed E-state index contributed by atoms with van der Waals surface area (Å²) in [5.41, 5.74) is 0.528. The van der Waals surface area contributed by atoms with E-state index in [2.05, 4.69) is 15.3 Å². The number of nitrogens with zero attached hydrogens (tertiary/aromatic N) is 2. The Kier molecular flexibility index (Phi) is 5.21. The molecule has 17 heavy (non-hydrogen) atoms. The Morgan fingerprint density at radius 1 is 1.59 bits per heavy atom. The molecule has 0 aromatic carbocycles. The standard InChI is InChI=1S/C11H17N3O2S/c1-7(2)10-13-6-8(12-4-5-17-3)9(14-10)11(15)16/h6-7,12H,4-5H2,1-3H3,(H,15,16). The van der Waals surface area contributed by atoms with E-state index in [-0.39, 0.29) is 11.6 Å². The molecule has 5 nitrogen and oxygen atoms in total. The lowest BCUT2D eigenvalue weighted by Crippen LogP contribution is -2.13. The molecule has 0 atom stereocenters. The molecule has 0 spiro atoms. The molecule has 94 valence electrons. The van der Waals surface area contributed by atoms with Gasteiger partial charge >= 0.3 is 5.97 Å². The Balaban J connectivity index is 2.92. The van der Waals surface area contributed by atoms with Crippen molar-refractivity contribution in [1.82, 2.24) is 9.97 Å². The van der Waals surface area contributed by atoms with Crippen LogP contribution >= 0.6 is 11.8 Å². The van der Waals surface area contributed by atoms with Crippen molar-refractivity contribution in [2.24, 2.45) is 0 Å². The molecular formula is C11H17N3O2S. The lowest BCUT2D eigenvalue weighted by atomic mass is 10.2. The second kappa shape index (κ2) is 6.44. The van der Waals surface area contributed by atoms with E-state index < -0.39 is 5.97 Å². The van der Waals surface area contributed by atoms with E-state index in [0.29, 0.717) is 18.1 Å². The molecule has 0 aliphatic carbocycles. The summed E-state index contributed by atoms with van der Waals surface area (Å²) in [5, 5.41) is 12.1. The fourth-order valence-electron chi connectivity index (χ4n) is 1.25. The first-order chi connectivity index (χ1) is 8.06. The first kappa shape index (κ1) is 13.8. The summed E-state index contributed by atoms with van der Waals surface area (Å²) in [7, 11) is 0. The SMILES string of the molecule is CSCCNc1cnc(C(C)C)nc1C(=O)O. The minimum absolute atomic E-state index is 0.0461. The summed E-state index contributed by atoms with van der Waals surface area (Å²) < 4.78 is 0. The number of nitrogens with one attached hydrogen (secondary N) is 1. The number of carboxylic acids is 1. The summed E-state index contributed by atoms with van der Waals surface area (Å²) >= 11 is 1.69. The van der Waals surface area contributed by atoms with Gasteiger partial charge in [0.15, 0.2) is 5.69 Å². The zero-order chi connectivity index (χ0) is 12.8. The van der Waals surface area contributed by atoms with Crippen LogP contribution in [0.4, 0.5) is 5.69 Å². The number of carbonyl (C=O) groups is 1. The Hall–Kier alpha value is -1.30. The number of thioether (sulfide) groups is 1. The van der Waals surface area contributed by atoms with Crippen LogP contribution in [0.1, 0.15) is 36.1 Å². The topological polar surface area (TPSA) is 75.1 Å². The van der Waals surface area contributed by atoms with E-state index in [9.17, 15) is 4.79 Å². The van der Waals surface area contributed by atoms with Crippen molar-refractivity contribution in [3.05, 3.63) is 17.7 Å². The number of aromatic carboxylic acids is 1. The Morgan fingerprint density at radius 2 is 2.29 bits per heavy atom. The fraction of sp³-hybridized carbons (Fsp3) is 0.545. The van der Waals surface area contributed by atoms with Crippen LogP contribution in [0.15, 0.2) is 6.20 Å². The number of anilines is 1. The van der Waals surface area contributed by atoms with Crippen LogP contribution in [0, 0.1) is 0 Å². The van der Waals surface area contributed by atoms with E-state index in [1.165, 1.54) is 0 Å². The molecule has 0 saturated heterocycles. The highest BCUT2D eigenvalue weighted by Crippen LogP contribution is 2.16. The molecule has 0 radical (unpaired) electrons. The minimum Gasteiger partial charge on any atom is -0.476 e. The summed E-state index contributed by atoms with van der Waals surface area (Å²) in [4.78, 5) is 19.3. The number of carboxylic acid groups (broad SMARTS) is 1. The molecule has 0 saturated carbocycles. The number of hydrogen-bond acceptors (Lipinski definition) is 5. The molecule has 2 N–H and O–H groups in total. The third-order valence-electron chi connectivity index (χ3n) is 2.15. The molecule has 0 fully saturated rings. The summed E-state index contributed by atoms with van der Waals surface area (Å²) in [6.07, 6.45) is 3.55. The zero-order valence-corrected chi connectivity index (χ0v) is 11.0. The van der Waals surface area contributed by atoms with Gasteiger partial charge < -0.3 is 10.4 Å². The maximum absolute atomic E-state index is 11.1. The smallest absolute Gasteiger partial charge is 0.356 e. The van der Waals surface area contributed by atoms with Gasteiger partial charge in [0.2, 0.25) is 0 Å². The van der Waals surface area contributed by atoms with E-state index >= 15 is 0 Å². The lowest BCUT2D eigenvalue weighted by molar-refractivity contribution is 0.0691. The van der Waals surface area contributed by atoms with E-state index in [4.69, 9.17) is 5.11 Å². The van der Waals surface area contributed by atoms with Gasteiger partial charge in [0.25, 0.3) is 0 Å². The second-order valence-electron chi connectivity index (χ2n) is 3.87. The van der Waals surface area contributed by atoms with Crippen LogP contribution in [0.3, 0.4) is 0 Å². The van der Waals surface area contributed by atoms with Gasteiger partial charge in [-0.2, -0.15) is 11.8 Å². The summed E-state index contributed by atoms with van der Waals surface area (Å²) in [5.74, 6) is 0.553. The molecule has 1 aromatic rings. The number of hydrogen-bond donors (Lipinski definition) is 2. The minimum atomic E-state index is -1.03. The van der Waals surface area contributed by atoms with Gasteiger partial charge in [-0.05, 0) is 6.26 Å². The highest BCUT2D eigenvalue weighted by molar-refractivity contribution is 7.98. The third-order valence-corrected chi connectivity index (χ3v) is 2.76. The zero-order valence-electron chi connectivity index (χ0n) is 10.2. The third kappa shape index (κ3) is 3.89. The van der Waals surface area contributed by atoms with Crippen LogP contribution in [0.25, 0.3) is 0 Å². The molecule has 1 rings (SSSR count). The molecule has 0 aliphatic rings. The van der Waals surface area contributed by atoms with Gasteiger partial charge in [-0.15, -0.1) is 0 Å². The number of aromatic nitrogens is 2. The normalized spacial score (nSPS) is 10.6. The van der Waals surface area contributed by atoms with Crippen molar-refractivity contribution in [1.29, 1.82) is 0 Å². The maximum Gasteiger partial charge on any atom is 0.356 e. The van der Waals surface area contributed by atoms with Crippen LogP contribution in [-0.4, -0.2) is 39.6 Å². The Morgan fingerprint density at radius 3 is 2.82 bits per heavy atom. The quantitative estimate of drug-likeness (QED) is 0.758. The summed E-state index contributed by atoms with van der Waals surface area (Å²) in [6, 6.07) is 0. The van der Waals surface area contributed by atoms with Crippen molar-refractivity contribution < 1.29 is 9.90 Å². The summed E-state index contributed by atoms with van der Waals surface area (Å²) in [6.45, 7) is 4.56. The van der Waals surface area contributed by atoms with Crippen LogP contribution in [0.2, 0.25) is 0 Å². The van der Waals surface area contributed by atoms with Crippen LogP contribution in [0.5, 0.6) is 0 Å². The van der Waals surface area contributed by atoms with Crippen LogP contribution < -0.4 is 5.32 Å². The monoisotopic (exact) mass is 255 g/mol. The fourth-order valence-corrected chi connectivity index (χ4v) is 1.56. The molecule has 0 aliphatic heterocycles. The average molecular weight is 255 g/mol. The molecule has 1 aromatic heterocycles. The maximum atomic E-state index is 11.1. The number of rotatable bonds is 6. The van der Waals surface area contributed by atoms with E-state index in [1.54, 1.807) is 18.0 Å². The first-order valence-corrected chi connectivity index (χ1v) is 6.78. The van der Waals surface area contributed by atoms with E-state index in [0.717, 1.165) is 5.75 Å². The van der Waals surface area contributed by atoms with Crippen LogP contribution in [-0.2, 0) is 0 Å². The highest BCUT2D eigenvalue weighted by atomic mass is 32.2. The Bertz CT molecular complexity index is 396. The van der Waals surface area contributed by atoms with Gasteiger partial charge in [0.05, 0.1) is 11.9 Å². The molecule has 0 amide bonds. The van der Waals surface area contributed by atoms with Gasteiger partial charge in [-0.25, -0.2) is 14.8 Å². The van der Waals surface area contributed by atoms with Crippen molar-refractivity contribution in [2.75, 3.05) is 23.9 Å². The second-order valence-corrected chi connectivity index (χ2v) is 4.86. The van der Waals surface area contributed by atoms with Gasteiger partial charge in [-0.1, -0.05) is 13.8 Å². The van der Waals surface area contributed by atoms with Gasteiger partial charge in [0.1, 0.15) is 5.82 Å². The van der Waals surface area contributed by atoms with E-state index in [1.807, 2.05) is 20.1 Å². The molecule has 1 heterocycles. The predicted octanol–water partition coefficient (Wildman–Crippen LogP) is 2.07. The molecular weight excluding hydrogens is 238 g/mol. The average Bonchev–Trinajstić information content (AvgIpc) is 2.29. The highest BCUT2D eigenvalue weighted by Gasteiger charge is 2.15. The van der Waals surface area contributed by atoms with Crippen molar-refractivity contribution >= 4 is 23.4 Å². The molecule has 0 unspecified atom stereocenters. The van der Waals surface area contributed by atoms with Crippen molar-refractivity contribution in [3.63, 3.8) is 0 Å². The van der Waals surface area contributed by atoms with Crippen molar-refractivity contribution in [2.45, 2.75) is 19.8 Å². The molecule has 0 bridgehead atoms. The predicted molar refractivity (Wildman–Crippen MR) is 70.0 cm³/mol.